The Labute approximate surface area is 101 Å². The molecule has 88 valence electrons. The molecular weight excluding hydrogens is 302 g/mol. The maximum atomic E-state index is 13.5. The van der Waals surface area contributed by atoms with Crippen LogP contribution in [0.5, 0.6) is 0 Å². The Bertz CT molecular complexity index is 577. The summed E-state index contributed by atoms with van der Waals surface area (Å²) in [5.74, 6) is -4.59. The van der Waals surface area contributed by atoms with E-state index in [-0.39, 0.29) is 4.47 Å². The van der Waals surface area contributed by atoms with Crippen molar-refractivity contribution < 1.29 is 23.1 Å². The highest BCUT2D eigenvalue weighted by atomic mass is 79.9. The Morgan fingerprint density at radius 2 is 1.88 bits per heavy atom. The smallest absolute Gasteiger partial charge is 0.393 e. The fourth-order valence-corrected chi connectivity index (χ4v) is 1.56. The number of carboxylic acid groups (broad SMARTS) is 1. The molecule has 0 atom stereocenters. The molecule has 0 radical (unpaired) electrons. The first kappa shape index (κ1) is 11.6. The Balaban J connectivity index is 2.56. The second kappa shape index (κ2) is 4.21. The summed E-state index contributed by atoms with van der Waals surface area (Å²) in [7, 11) is 0. The van der Waals surface area contributed by atoms with Crippen LogP contribution in [0, 0.1) is 11.6 Å². The second-order valence-electron chi connectivity index (χ2n) is 2.96. The number of aromatic nitrogens is 2. The third-order valence-electron chi connectivity index (χ3n) is 1.83. The lowest BCUT2D eigenvalue weighted by Crippen LogP contribution is -1.95. The minimum atomic E-state index is -1.47. The minimum Gasteiger partial charge on any atom is -0.474 e. The number of carboxylic acids is 1. The quantitative estimate of drug-likeness (QED) is 0.922. The number of halogens is 3. The van der Waals surface area contributed by atoms with E-state index in [1.54, 1.807) is 0 Å². The number of hydrogen-bond donors (Lipinski definition) is 1. The molecule has 1 aromatic heterocycles. The molecule has 1 heterocycles. The van der Waals surface area contributed by atoms with Crippen molar-refractivity contribution in [1.82, 2.24) is 10.2 Å². The molecule has 0 aliphatic carbocycles. The predicted octanol–water partition coefficient (Wildman–Crippen LogP) is 2.48. The zero-order valence-electron chi connectivity index (χ0n) is 7.95. The van der Waals surface area contributed by atoms with Crippen LogP contribution in [0.4, 0.5) is 8.78 Å². The van der Waals surface area contributed by atoms with Gasteiger partial charge in [-0.2, -0.15) is 0 Å². The van der Waals surface area contributed by atoms with E-state index in [0.717, 1.165) is 12.1 Å². The van der Waals surface area contributed by atoms with Gasteiger partial charge in [-0.15, -0.1) is 10.2 Å². The van der Waals surface area contributed by atoms with E-state index in [2.05, 4.69) is 30.5 Å². The van der Waals surface area contributed by atoms with Crippen LogP contribution in [0.1, 0.15) is 10.7 Å². The molecule has 0 amide bonds. The summed E-state index contributed by atoms with van der Waals surface area (Å²) in [5, 5.41) is 14.9. The van der Waals surface area contributed by atoms with Gasteiger partial charge >= 0.3 is 11.9 Å². The maximum Gasteiger partial charge on any atom is 0.393 e. The minimum absolute atomic E-state index is 0.203. The van der Waals surface area contributed by atoms with Gasteiger partial charge in [-0.1, -0.05) is 15.9 Å². The summed E-state index contributed by atoms with van der Waals surface area (Å²) >= 11 is 2.91. The number of aromatic carboxylic acids is 1. The topological polar surface area (TPSA) is 76.2 Å². The molecule has 1 aromatic carbocycles. The first-order valence-corrected chi connectivity index (χ1v) is 5.00. The van der Waals surface area contributed by atoms with Crippen molar-refractivity contribution in [3.63, 3.8) is 0 Å². The van der Waals surface area contributed by atoms with E-state index < -0.39 is 34.9 Å². The van der Waals surface area contributed by atoms with Gasteiger partial charge in [-0.25, -0.2) is 13.6 Å². The van der Waals surface area contributed by atoms with Crippen LogP contribution in [0.2, 0.25) is 0 Å². The summed E-state index contributed by atoms with van der Waals surface area (Å²) in [6.45, 7) is 0. The number of carbonyl (C=O) groups is 1. The highest BCUT2D eigenvalue weighted by Gasteiger charge is 2.21. The normalized spacial score (nSPS) is 10.5. The molecule has 2 rings (SSSR count). The molecule has 5 nitrogen and oxygen atoms in total. The van der Waals surface area contributed by atoms with Crippen LogP contribution in [0.3, 0.4) is 0 Å². The fraction of sp³-hybridized carbons (Fsp3) is 0. The van der Waals surface area contributed by atoms with E-state index in [1.807, 2.05) is 0 Å². The summed E-state index contributed by atoms with van der Waals surface area (Å²) in [6, 6.07) is 2.01. The van der Waals surface area contributed by atoms with Crippen molar-refractivity contribution in [3.8, 4) is 11.5 Å². The Morgan fingerprint density at radius 3 is 2.35 bits per heavy atom. The molecule has 0 aliphatic heterocycles. The van der Waals surface area contributed by atoms with Gasteiger partial charge in [0.25, 0.3) is 5.89 Å². The van der Waals surface area contributed by atoms with Crippen LogP contribution in [0.25, 0.3) is 11.5 Å². The summed E-state index contributed by atoms with van der Waals surface area (Å²) in [5.41, 5.74) is -0.562. The summed E-state index contributed by atoms with van der Waals surface area (Å²) in [4.78, 5) is 10.5. The van der Waals surface area contributed by atoms with Crippen molar-refractivity contribution in [1.29, 1.82) is 0 Å². The zero-order chi connectivity index (χ0) is 12.6. The van der Waals surface area contributed by atoms with Crippen molar-refractivity contribution in [2.45, 2.75) is 0 Å². The molecule has 0 fully saturated rings. The number of benzene rings is 1. The second-order valence-corrected chi connectivity index (χ2v) is 3.88. The SMILES string of the molecule is O=C(O)c1nnc(-c2c(F)cc(Br)cc2F)o1. The average Bonchev–Trinajstić information content (AvgIpc) is 2.65. The number of rotatable bonds is 2. The highest BCUT2D eigenvalue weighted by Crippen LogP contribution is 2.27. The van der Waals surface area contributed by atoms with Crippen LogP contribution in [-0.2, 0) is 0 Å². The molecule has 0 bridgehead atoms. The number of hydrogen-bond acceptors (Lipinski definition) is 4. The molecule has 1 N–H and O–H groups in total. The predicted molar refractivity (Wildman–Crippen MR) is 54.3 cm³/mol. The first-order chi connectivity index (χ1) is 7.99. The summed E-state index contributed by atoms with van der Waals surface area (Å²) < 4.78 is 31.7. The van der Waals surface area contributed by atoms with E-state index in [4.69, 9.17) is 5.11 Å². The van der Waals surface area contributed by atoms with Crippen molar-refractivity contribution in [2.24, 2.45) is 0 Å². The largest absolute Gasteiger partial charge is 0.474 e. The van der Waals surface area contributed by atoms with E-state index in [9.17, 15) is 13.6 Å². The Morgan fingerprint density at radius 1 is 1.29 bits per heavy atom. The molecule has 8 heteroatoms. The van der Waals surface area contributed by atoms with Crippen LogP contribution >= 0.6 is 15.9 Å². The van der Waals surface area contributed by atoms with Crippen molar-refractivity contribution in [2.75, 3.05) is 0 Å². The monoisotopic (exact) mass is 304 g/mol. The van der Waals surface area contributed by atoms with Gasteiger partial charge < -0.3 is 9.52 Å². The molecule has 0 saturated carbocycles. The van der Waals surface area contributed by atoms with Crippen molar-refractivity contribution in [3.05, 3.63) is 34.1 Å². The lowest BCUT2D eigenvalue weighted by molar-refractivity contribution is 0.0654. The zero-order valence-corrected chi connectivity index (χ0v) is 9.53. The first-order valence-electron chi connectivity index (χ1n) is 4.20. The summed E-state index contributed by atoms with van der Waals surface area (Å²) in [6.07, 6.45) is 0. The molecule has 0 aliphatic rings. The van der Waals surface area contributed by atoms with E-state index >= 15 is 0 Å². The highest BCUT2D eigenvalue weighted by molar-refractivity contribution is 9.10. The molecule has 0 unspecified atom stereocenters. The average molecular weight is 305 g/mol. The van der Waals surface area contributed by atoms with E-state index in [1.165, 1.54) is 0 Å². The lowest BCUT2D eigenvalue weighted by Gasteiger charge is -2.00. The van der Waals surface area contributed by atoms with Gasteiger partial charge in [0.05, 0.1) is 0 Å². The van der Waals surface area contributed by atoms with Gasteiger partial charge in [0.1, 0.15) is 17.2 Å². The van der Waals surface area contributed by atoms with Crippen molar-refractivity contribution >= 4 is 21.9 Å². The molecule has 0 spiro atoms. The van der Waals surface area contributed by atoms with Gasteiger partial charge in [0.2, 0.25) is 0 Å². The molecule has 17 heavy (non-hydrogen) atoms. The molecule has 2 aromatic rings. The Kier molecular flexibility index (Phi) is 2.88. The molecule has 0 saturated heterocycles. The van der Waals surface area contributed by atoms with Gasteiger partial charge in [-0.05, 0) is 12.1 Å². The Hall–Kier alpha value is -1.83. The van der Waals surface area contributed by atoms with Crippen LogP contribution < -0.4 is 0 Å². The molecular formula is C9H3BrF2N2O3. The third kappa shape index (κ3) is 2.16. The standard InChI is InChI=1S/C9H3BrF2N2O3/c10-3-1-4(11)6(5(12)2-3)7-13-14-8(17-7)9(15)16/h1-2H,(H,15,16). The van der Waals surface area contributed by atoms with Gasteiger partial charge in [0.15, 0.2) is 0 Å². The van der Waals surface area contributed by atoms with Gasteiger partial charge in [-0.3, -0.25) is 0 Å². The maximum absolute atomic E-state index is 13.5. The lowest BCUT2D eigenvalue weighted by atomic mass is 10.2. The van der Waals surface area contributed by atoms with Crippen LogP contribution in [-0.4, -0.2) is 21.3 Å². The van der Waals surface area contributed by atoms with Crippen LogP contribution in [0.15, 0.2) is 21.0 Å². The van der Waals surface area contributed by atoms with Gasteiger partial charge in [0, 0.05) is 4.47 Å². The fourth-order valence-electron chi connectivity index (χ4n) is 1.16. The number of nitrogens with zero attached hydrogens (tertiary/aromatic N) is 2. The third-order valence-corrected chi connectivity index (χ3v) is 2.29. The van der Waals surface area contributed by atoms with E-state index in [0.29, 0.717) is 0 Å².